The molecule has 1 saturated carbocycles. The number of aromatic nitrogens is 4. The molecule has 0 spiro atoms. The van der Waals surface area contributed by atoms with Crippen LogP contribution in [0.3, 0.4) is 0 Å². The topological polar surface area (TPSA) is 67.1 Å². The second-order valence-electron chi connectivity index (χ2n) is 7.23. The van der Waals surface area contributed by atoms with Crippen LogP contribution in [0.15, 0.2) is 0 Å². The van der Waals surface area contributed by atoms with Crippen molar-refractivity contribution in [1.29, 1.82) is 0 Å². The molecular weight excluding hydrogens is 278 g/mol. The summed E-state index contributed by atoms with van der Waals surface area (Å²) in [6.07, 6.45) is 7.87. The van der Waals surface area contributed by atoms with Crippen LogP contribution in [-0.4, -0.2) is 49.4 Å². The van der Waals surface area contributed by atoms with E-state index in [-0.39, 0.29) is 12.1 Å². The van der Waals surface area contributed by atoms with Crippen LogP contribution in [-0.2, 0) is 0 Å². The monoisotopic (exact) mass is 307 g/mol. The van der Waals surface area contributed by atoms with Crippen molar-refractivity contribution in [2.24, 2.45) is 5.92 Å². The van der Waals surface area contributed by atoms with E-state index in [2.05, 4.69) is 39.0 Å². The molecule has 6 nitrogen and oxygen atoms in total. The van der Waals surface area contributed by atoms with Crippen LogP contribution in [0.1, 0.15) is 76.7 Å². The van der Waals surface area contributed by atoms with E-state index in [4.69, 9.17) is 0 Å². The highest BCUT2D eigenvalue weighted by atomic mass is 16.3. The number of piperidine rings is 1. The van der Waals surface area contributed by atoms with E-state index in [9.17, 15) is 5.11 Å². The zero-order valence-corrected chi connectivity index (χ0v) is 13.9. The molecule has 1 N–H and O–H groups in total. The van der Waals surface area contributed by atoms with Gasteiger partial charge in [0.15, 0.2) is 5.82 Å². The second kappa shape index (κ2) is 7.04. The summed E-state index contributed by atoms with van der Waals surface area (Å²) in [6.45, 7) is 6.36. The number of hydrogen-bond acceptors (Lipinski definition) is 5. The van der Waals surface area contributed by atoms with Crippen molar-refractivity contribution in [3.63, 3.8) is 0 Å². The first-order chi connectivity index (χ1) is 10.7. The highest BCUT2D eigenvalue weighted by molar-refractivity contribution is 4.98. The molecule has 6 heteroatoms. The van der Waals surface area contributed by atoms with Crippen molar-refractivity contribution >= 4 is 0 Å². The van der Waals surface area contributed by atoms with Crippen LogP contribution >= 0.6 is 0 Å². The van der Waals surface area contributed by atoms with Gasteiger partial charge in [0.25, 0.3) is 0 Å². The molecule has 1 aromatic rings. The third-order valence-corrected chi connectivity index (χ3v) is 5.23. The fourth-order valence-electron chi connectivity index (χ4n) is 4.03. The minimum absolute atomic E-state index is 0.140. The minimum atomic E-state index is -0.140. The number of rotatable bonds is 4. The Kier molecular flexibility index (Phi) is 5.08. The van der Waals surface area contributed by atoms with E-state index < -0.39 is 0 Å². The Bertz CT molecular complexity index is 461. The van der Waals surface area contributed by atoms with Crippen molar-refractivity contribution in [3.8, 4) is 0 Å². The van der Waals surface area contributed by atoms with Crippen molar-refractivity contribution < 1.29 is 5.11 Å². The van der Waals surface area contributed by atoms with Crippen LogP contribution in [0.4, 0.5) is 0 Å². The van der Waals surface area contributed by atoms with Gasteiger partial charge in [0.1, 0.15) is 0 Å². The van der Waals surface area contributed by atoms with Gasteiger partial charge in [-0.15, -0.1) is 5.10 Å². The van der Waals surface area contributed by atoms with E-state index in [1.807, 2.05) is 0 Å². The predicted molar refractivity (Wildman–Crippen MR) is 84.3 cm³/mol. The van der Waals surface area contributed by atoms with Gasteiger partial charge in [0, 0.05) is 13.1 Å². The third-order valence-electron chi connectivity index (χ3n) is 5.23. The standard InChI is InChI=1S/C16H29N5O/c1-12(2)15(20-10-8-14(22)9-11-20)16-17-18-19-21(16)13-6-4-3-5-7-13/h12-15,22H,3-11H2,1-2H3. The molecule has 2 heterocycles. The first kappa shape index (κ1) is 15.9. The maximum atomic E-state index is 9.76. The lowest BCUT2D eigenvalue weighted by atomic mass is 9.94. The lowest BCUT2D eigenvalue weighted by molar-refractivity contribution is 0.0425. The highest BCUT2D eigenvalue weighted by Gasteiger charge is 2.33. The SMILES string of the molecule is CC(C)C(c1nnnn1C1CCCCC1)N1CCC(O)CC1. The second-order valence-corrected chi connectivity index (χ2v) is 7.23. The average molecular weight is 307 g/mol. The lowest BCUT2D eigenvalue weighted by Crippen LogP contribution is -2.41. The molecule has 2 aliphatic rings. The highest BCUT2D eigenvalue weighted by Crippen LogP contribution is 2.34. The van der Waals surface area contributed by atoms with Gasteiger partial charge >= 0.3 is 0 Å². The molecule has 2 fully saturated rings. The molecule has 1 aliphatic carbocycles. The zero-order valence-electron chi connectivity index (χ0n) is 13.9. The van der Waals surface area contributed by atoms with Crippen LogP contribution in [0.5, 0.6) is 0 Å². The van der Waals surface area contributed by atoms with Crippen molar-refractivity contribution in [2.45, 2.75) is 77.0 Å². The Balaban J connectivity index is 1.81. The smallest absolute Gasteiger partial charge is 0.168 e. The van der Waals surface area contributed by atoms with E-state index in [0.29, 0.717) is 12.0 Å². The van der Waals surface area contributed by atoms with E-state index in [1.54, 1.807) is 0 Å². The van der Waals surface area contributed by atoms with Crippen LogP contribution in [0.2, 0.25) is 0 Å². The molecule has 124 valence electrons. The van der Waals surface area contributed by atoms with Gasteiger partial charge in [0.05, 0.1) is 18.2 Å². The minimum Gasteiger partial charge on any atom is -0.393 e. The van der Waals surface area contributed by atoms with Gasteiger partial charge in [-0.05, 0) is 42.0 Å². The quantitative estimate of drug-likeness (QED) is 0.924. The summed E-state index contributed by atoms with van der Waals surface area (Å²) < 4.78 is 2.11. The summed E-state index contributed by atoms with van der Waals surface area (Å²) in [7, 11) is 0. The van der Waals surface area contributed by atoms with Gasteiger partial charge in [-0.25, -0.2) is 4.68 Å². The molecule has 1 aliphatic heterocycles. The Labute approximate surface area is 132 Å². The predicted octanol–water partition coefficient (Wildman–Crippen LogP) is 2.33. The number of nitrogens with zero attached hydrogens (tertiary/aromatic N) is 5. The first-order valence-corrected chi connectivity index (χ1v) is 8.86. The fourth-order valence-corrected chi connectivity index (χ4v) is 4.03. The number of aliphatic hydroxyl groups excluding tert-OH is 1. The van der Waals surface area contributed by atoms with Crippen LogP contribution < -0.4 is 0 Å². The lowest BCUT2D eigenvalue weighted by Gasteiger charge is -2.38. The first-order valence-electron chi connectivity index (χ1n) is 8.86. The molecule has 0 bridgehead atoms. The molecular formula is C16H29N5O. The van der Waals surface area contributed by atoms with E-state index in [0.717, 1.165) is 31.8 Å². The summed E-state index contributed by atoms with van der Waals surface area (Å²) in [5.74, 6) is 1.49. The Morgan fingerprint density at radius 2 is 1.73 bits per heavy atom. The van der Waals surface area contributed by atoms with Crippen molar-refractivity contribution in [3.05, 3.63) is 5.82 Å². The van der Waals surface area contributed by atoms with Gasteiger partial charge in [-0.2, -0.15) is 0 Å². The molecule has 0 radical (unpaired) electrons. The molecule has 0 amide bonds. The maximum absolute atomic E-state index is 9.76. The van der Waals surface area contributed by atoms with E-state index >= 15 is 0 Å². The largest absolute Gasteiger partial charge is 0.393 e. The van der Waals surface area contributed by atoms with Crippen molar-refractivity contribution in [2.75, 3.05) is 13.1 Å². The van der Waals surface area contributed by atoms with Gasteiger partial charge < -0.3 is 5.11 Å². The summed E-state index contributed by atoms with van der Waals surface area (Å²) in [5.41, 5.74) is 0. The Hall–Kier alpha value is -1.01. The average Bonchev–Trinajstić information content (AvgIpc) is 2.99. The molecule has 0 aromatic carbocycles. The zero-order chi connectivity index (χ0) is 15.5. The Morgan fingerprint density at radius 1 is 1.05 bits per heavy atom. The van der Waals surface area contributed by atoms with Gasteiger partial charge in [0.2, 0.25) is 0 Å². The fraction of sp³-hybridized carbons (Fsp3) is 0.938. The summed E-state index contributed by atoms with van der Waals surface area (Å²) >= 11 is 0. The number of likely N-dealkylation sites (tertiary alicyclic amines) is 1. The third kappa shape index (κ3) is 3.33. The number of tetrazole rings is 1. The number of aliphatic hydroxyl groups is 1. The van der Waals surface area contributed by atoms with Gasteiger partial charge in [-0.1, -0.05) is 33.1 Å². The summed E-state index contributed by atoms with van der Waals surface area (Å²) in [5, 5.41) is 22.5. The molecule has 1 aromatic heterocycles. The van der Waals surface area contributed by atoms with Gasteiger partial charge in [-0.3, -0.25) is 4.90 Å². The summed E-state index contributed by atoms with van der Waals surface area (Å²) in [4.78, 5) is 2.46. The van der Waals surface area contributed by atoms with Crippen LogP contribution in [0.25, 0.3) is 0 Å². The molecule has 1 atom stereocenters. The van der Waals surface area contributed by atoms with E-state index in [1.165, 1.54) is 32.1 Å². The molecule has 22 heavy (non-hydrogen) atoms. The van der Waals surface area contributed by atoms with Crippen LogP contribution in [0, 0.1) is 5.92 Å². The molecule has 3 rings (SSSR count). The summed E-state index contributed by atoms with van der Waals surface area (Å²) in [6, 6.07) is 0.722. The normalized spacial score (nSPS) is 24.0. The maximum Gasteiger partial charge on any atom is 0.168 e. The Morgan fingerprint density at radius 3 is 2.36 bits per heavy atom. The molecule has 1 unspecified atom stereocenters. The van der Waals surface area contributed by atoms with Crippen molar-refractivity contribution in [1.82, 2.24) is 25.1 Å². The molecule has 1 saturated heterocycles. The number of hydrogen-bond donors (Lipinski definition) is 1.